The van der Waals surface area contributed by atoms with Crippen molar-refractivity contribution in [3.05, 3.63) is 21.6 Å². The molecule has 96 valence electrons. The van der Waals surface area contributed by atoms with Gasteiger partial charge in [-0.3, -0.25) is 0 Å². The van der Waals surface area contributed by atoms with Crippen molar-refractivity contribution in [2.45, 2.75) is 6.92 Å². The van der Waals surface area contributed by atoms with Gasteiger partial charge in [-0.25, -0.2) is 8.42 Å². The van der Waals surface area contributed by atoms with Gasteiger partial charge < -0.3 is 10.5 Å². The van der Waals surface area contributed by atoms with E-state index in [4.69, 9.17) is 22.1 Å². The highest BCUT2D eigenvalue weighted by molar-refractivity contribution is 9.10. The molecule has 0 radical (unpaired) electrons. The van der Waals surface area contributed by atoms with E-state index in [0.717, 1.165) is 0 Å². The number of rotatable bonds is 5. The number of hydrogen-bond acceptors (Lipinski definition) is 4. The first-order valence-electron chi connectivity index (χ1n) is 4.93. The van der Waals surface area contributed by atoms with Crippen LogP contribution in [-0.4, -0.2) is 26.5 Å². The molecule has 0 fully saturated rings. The van der Waals surface area contributed by atoms with Crippen LogP contribution in [0, 0.1) is 0 Å². The molecular weight excluding hydrogens is 330 g/mol. The van der Waals surface area contributed by atoms with Crippen molar-refractivity contribution in [2.75, 3.05) is 23.8 Å². The van der Waals surface area contributed by atoms with Gasteiger partial charge in [0.25, 0.3) is 0 Å². The van der Waals surface area contributed by atoms with Gasteiger partial charge >= 0.3 is 0 Å². The molecule has 2 N–H and O–H groups in total. The SMILES string of the molecule is CCS(=O)(=O)CCOc1c(N)cc(Cl)cc1Br. The lowest BCUT2D eigenvalue weighted by molar-refractivity contribution is 0.340. The predicted molar refractivity (Wildman–Crippen MR) is 73.4 cm³/mol. The summed E-state index contributed by atoms with van der Waals surface area (Å²) >= 11 is 9.05. The molecule has 1 aromatic carbocycles. The maximum absolute atomic E-state index is 11.3. The summed E-state index contributed by atoms with van der Waals surface area (Å²) in [6.07, 6.45) is 0. The molecule has 0 heterocycles. The van der Waals surface area contributed by atoms with Crippen molar-refractivity contribution in [2.24, 2.45) is 0 Å². The van der Waals surface area contributed by atoms with Crippen LogP contribution in [-0.2, 0) is 9.84 Å². The number of anilines is 1. The minimum absolute atomic E-state index is 0.0298. The smallest absolute Gasteiger partial charge is 0.156 e. The number of ether oxygens (including phenoxy) is 1. The molecule has 0 saturated carbocycles. The summed E-state index contributed by atoms with van der Waals surface area (Å²) in [5.74, 6) is 0.492. The molecule has 0 atom stereocenters. The van der Waals surface area contributed by atoms with Crippen molar-refractivity contribution in [3.8, 4) is 5.75 Å². The van der Waals surface area contributed by atoms with Gasteiger partial charge in [0.15, 0.2) is 15.6 Å². The van der Waals surface area contributed by atoms with E-state index >= 15 is 0 Å². The largest absolute Gasteiger partial charge is 0.489 e. The molecule has 4 nitrogen and oxygen atoms in total. The number of sulfone groups is 1. The van der Waals surface area contributed by atoms with Crippen molar-refractivity contribution in [1.29, 1.82) is 0 Å². The van der Waals surface area contributed by atoms with E-state index in [-0.39, 0.29) is 18.1 Å². The molecule has 0 spiro atoms. The van der Waals surface area contributed by atoms with E-state index in [1.807, 2.05) is 0 Å². The van der Waals surface area contributed by atoms with Crippen LogP contribution in [0.3, 0.4) is 0 Å². The molecule has 17 heavy (non-hydrogen) atoms. The quantitative estimate of drug-likeness (QED) is 0.835. The van der Waals surface area contributed by atoms with Crippen molar-refractivity contribution in [1.82, 2.24) is 0 Å². The lowest BCUT2D eigenvalue weighted by Crippen LogP contribution is -2.16. The Balaban J connectivity index is 2.71. The number of nitrogen functional groups attached to an aromatic ring is 1. The fourth-order valence-corrected chi connectivity index (χ4v) is 2.72. The molecule has 0 aliphatic carbocycles. The minimum Gasteiger partial charge on any atom is -0.489 e. The van der Waals surface area contributed by atoms with Crippen LogP contribution in [0.15, 0.2) is 16.6 Å². The monoisotopic (exact) mass is 341 g/mol. The fraction of sp³-hybridized carbons (Fsp3) is 0.400. The minimum atomic E-state index is -3.03. The normalized spacial score (nSPS) is 11.5. The predicted octanol–water partition coefficient (Wildman–Crippen LogP) is 2.50. The van der Waals surface area contributed by atoms with E-state index < -0.39 is 9.84 Å². The fourth-order valence-electron chi connectivity index (χ4n) is 1.15. The average molecular weight is 343 g/mol. The number of hydrogen-bond donors (Lipinski definition) is 1. The summed E-state index contributed by atoms with van der Waals surface area (Å²) in [5, 5.41) is 0.489. The highest BCUT2D eigenvalue weighted by atomic mass is 79.9. The highest BCUT2D eigenvalue weighted by Crippen LogP contribution is 2.34. The maximum atomic E-state index is 11.3. The Hall–Kier alpha value is -0.460. The number of nitrogens with two attached hydrogens (primary N) is 1. The van der Waals surface area contributed by atoms with Crippen LogP contribution in [0.25, 0.3) is 0 Å². The third-order valence-electron chi connectivity index (χ3n) is 2.12. The Kier molecular flexibility index (Phi) is 5.09. The maximum Gasteiger partial charge on any atom is 0.156 e. The van der Waals surface area contributed by atoms with Crippen LogP contribution in [0.2, 0.25) is 5.02 Å². The first-order chi connectivity index (χ1) is 7.85. The molecule has 0 aromatic heterocycles. The molecule has 1 rings (SSSR count). The Morgan fingerprint density at radius 1 is 1.47 bits per heavy atom. The Labute approximate surface area is 114 Å². The Bertz CT molecular complexity index is 481. The average Bonchev–Trinajstić information content (AvgIpc) is 2.22. The summed E-state index contributed by atoms with van der Waals surface area (Å²) in [4.78, 5) is 0. The summed E-state index contributed by atoms with van der Waals surface area (Å²) in [7, 11) is -3.03. The van der Waals surface area contributed by atoms with E-state index in [1.165, 1.54) is 0 Å². The summed E-state index contributed by atoms with van der Waals surface area (Å²) < 4.78 is 28.5. The second kappa shape index (κ2) is 5.93. The zero-order chi connectivity index (χ0) is 13.1. The first-order valence-corrected chi connectivity index (χ1v) is 7.92. The lowest BCUT2D eigenvalue weighted by Gasteiger charge is -2.11. The molecule has 0 saturated heterocycles. The van der Waals surface area contributed by atoms with E-state index in [0.29, 0.717) is 20.9 Å². The Morgan fingerprint density at radius 3 is 2.65 bits per heavy atom. The third kappa shape index (κ3) is 4.37. The first kappa shape index (κ1) is 14.6. The summed E-state index contributed by atoms with van der Waals surface area (Å²) in [6.45, 7) is 1.67. The van der Waals surface area contributed by atoms with Crippen LogP contribution >= 0.6 is 27.5 Å². The number of halogens is 2. The molecule has 0 amide bonds. The second-order valence-corrected chi connectivity index (χ2v) is 7.15. The van der Waals surface area contributed by atoms with Gasteiger partial charge in [0.2, 0.25) is 0 Å². The van der Waals surface area contributed by atoms with Gasteiger partial charge in [0, 0.05) is 10.8 Å². The standard InChI is InChI=1S/C10H13BrClNO3S/c1-2-17(14,15)4-3-16-10-8(11)5-7(12)6-9(10)13/h5-6H,2-4,13H2,1H3. The summed E-state index contributed by atoms with van der Waals surface area (Å²) in [5.41, 5.74) is 6.09. The van der Waals surface area contributed by atoms with E-state index in [1.54, 1.807) is 19.1 Å². The van der Waals surface area contributed by atoms with Gasteiger partial charge in [-0.2, -0.15) is 0 Å². The third-order valence-corrected chi connectivity index (χ3v) is 4.59. The van der Waals surface area contributed by atoms with Crippen LogP contribution < -0.4 is 10.5 Å². The molecule has 0 bridgehead atoms. The lowest BCUT2D eigenvalue weighted by atomic mass is 10.3. The zero-order valence-electron chi connectivity index (χ0n) is 9.24. The molecule has 7 heteroatoms. The van der Waals surface area contributed by atoms with Crippen LogP contribution in [0.5, 0.6) is 5.75 Å². The van der Waals surface area contributed by atoms with Crippen LogP contribution in [0.1, 0.15) is 6.92 Å². The van der Waals surface area contributed by atoms with Gasteiger partial charge in [-0.1, -0.05) is 18.5 Å². The van der Waals surface area contributed by atoms with Gasteiger partial charge in [-0.15, -0.1) is 0 Å². The zero-order valence-corrected chi connectivity index (χ0v) is 12.4. The van der Waals surface area contributed by atoms with Crippen LogP contribution in [0.4, 0.5) is 5.69 Å². The van der Waals surface area contributed by atoms with E-state index in [2.05, 4.69) is 15.9 Å². The second-order valence-electron chi connectivity index (χ2n) is 3.39. The molecule has 0 aliphatic heterocycles. The molecule has 0 aliphatic rings. The Morgan fingerprint density at radius 2 is 2.12 bits per heavy atom. The molecule has 0 unspecified atom stereocenters. The van der Waals surface area contributed by atoms with Gasteiger partial charge in [0.1, 0.15) is 6.61 Å². The van der Waals surface area contributed by atoms with Gasteiger partial charge in [-0.05, 0) is 28.1 Å². The summed E-state index contributed by atoms with van der Waals surface area (Å²) in [6, 6.07) is 3.19. The van der Waals surface area contributed by atoms with E-state index in [9.17, 15) is 8.42 Å². The van der Waals surface area contributed by atoms with Gasteiger partial charge in [0.05, 0.1) is 15.9 Å². The molecule has 1 aromatic rings. The number of benzene rings is 1. The van der Waals surface area contributed by atoms with Crippen molar-refractivity contribution >= 4 is 43.1 Å². The van der Waals surface area contributed by atoms with Crippen molar-refractivity contribution in [3.63, 3.8) is 0 Å². The molecular formula is C10H13BrClNO3S. The highest BCUT2D eigenvalue weighted by Gasteiger charge is 2.11. The van der Waals surface area contributed by atoms with Crippen molar-refractivity contribution < 1.29 is 13.2 Å². The topological polar surface area (TPSA) is 69.4 Å².